The number of hydrogen-bond donors (Lipinski definition) is 1. The third-order valence-electron chi connectivity index (χ3n) is 4.14. The summed E-state index contributed by atoms with van der Waals surface area (Å²) in [7, 11) is 1.60. The summed E-state index contributed by atoms with van der Waals surface area (Å²) in [5.41, 5.74) is 2.22. The number of fused-ring (bicyclic) bond motifs is 3. The number of hydrogen-bond acceptors (Lipinski definition) is 6. The molecule has 0 bridgehead atoms. The minimum absolute atomic E-state index is 0.0783. The normalized spacial score (nSPS) is 11.5. The maximum Gasteiger partial charge on any atom is 0.189 e. The molecule has 0 spiro atoms. The molecular formula is C19H13BrN4O3. The Hall–Kier alpha value is -3.26. The van der Waals surface area contributed by atoms with E-state index in [1.165, 1.54) is 12.1 Å². The summed E-state index contributed by atoms with van der Waals surface area (Å²) in [6.07, 6.45) is 3.02. The molecule has 134 valence electrons. The van der Waals surface area contributed by atoms with Gasteiger partial charge in [-0.3, -0.25) is 4.79 Å². The number of halogens is 1. The quantitative estimate of drug-likeness (QED) is 0.397. The number of phenols is 1. The molecule has 4 rings (SSSR count). The van der Waals surface area contributed by atoms with Crippen molar-refractivity contribution in [3.8, 4) is 11.5 Å². The number of aromatic nitrogens is 4. The Labute approximate surface area is 162 Å². The van der Waals surface area contributed by atoms with Crippen LogP contribution in [0.2, 0.25) is 0 Å². The molecule has 27 heavy (non-hydrogen) atoms. The van der Waals surface area contributed by atoms with Crippen LogP contribution in [0.5, 0.6) is 11.5 Å². The van der Waals surface area contributed by atoms with Crippen LogP contribution in [-0.2, 0) is 0 Å². The van der Waals surface area contributed by atoms with E-state index in [9.17, 15) is 9.90 Å². The van der Waals surface area contributed by atoms with E-state index in [4.69, 9.17) is 4.74 Å². The number of allylic oxidation sites excluding steroid dienone is 1. The van der Waals surface area contributed by atoms with Gasteiger partial charge in [-0.05, 0) is 65.0 Å². The Kier molecular flexibility index (Phi) is 4.33. The van der Waals surface area contributed by atoms with Gasteiger partial charge < -0.3 is 9.84 Å². The lowest BCUT2D eigenvalue weighted by Crippen LogP contribution is -1.97. The maximum absolute atomic E-state index is 12.5. The predicted molar refractivity (Wildman–Crippen MR) is 104 cm³/mol. The highest BCUT2D eigenvalue weighted by Gasteiger charge is 2.11. The molecule has 0 amide bonds. The van der Waals surface area contributed by atoms with Gasteiger partial charge in [-0.1, -0.05) is 15.9 Å². The summed E-state index contributed by atoms with van der Waals surface area (Å²) in [6, 6.07) is 12.2. The smallest absolute Gasteiger partial charge is 0.189 e. The molecule has 0 radical (unpaired) electrons. The second-order valence-electron chi connectivity index (χ2n) is 5.80. The Balaban J connectivity index is 1.80. The number of aromatic hydroxyl groups is 1. The Morgan fingerprint density at radius 1 is 1.22 bits per heavy atom. The van der Waals surface area contributed by atoms with Gasteiger partial charge in [0, 0.05) is 15.4 Å². The van der Waals surface area contributed by atoms with E-state index in [1.807, 2.05) is 24.3 Å². The van der Waals surface area contributed by atoms with Gasteiger partial charge in [0.25, 0.3) is 0 Å². The first kappa shape index (κ1) is 17.2. The molecule has 7 nitrogen and oxygen atoms in total. The van der Waals surface area contributed by atoms with Crippen molar-refractivity contribution < 1.29 is 14.6 Å². The summed E-state index contributed by atoms with van der Waals surface area (Å²) < 4.78 is 7.58. The lowest BCUT2D eigenvalue weighted by atomic mass is 10.1. The van der Waals surface area contributed by atoms with Gasteiger partial charge in [0.15, 0.2) is 11.4 Å². The highest BCUT2D eigenvalue weighted by molar-refractivity contribution is 9.10. The van der Waals surface area contributed by atoms with E-state index in [0.29, 0.717) is 21.4 Å². The van der Waals surface area contributed by atoms with Gasteiger partial charge in [-0.25, -0.2) is 0 Å². The second kappa shape index (κ2) is 6.81. The molecular weight excluding hydrogens is 412 g/mol. The fraction of sp³-hybridized carbons (Fsp3) is 0.0526. The number of benzene rings is 2. The van der Waals surface area contributed by atoms with Crippen molar-refractivity contribution in [3.63, 3.8) is 0 Å². The molecule has 0 atom stereocenters. The van der Waals surface area contributed by atoms with E-state index < -0.39 is 0 Å². The van der Waals surface area contributed by atoms with Gasteiger partial charge in [0.05, 0.1) is 18.2 Å². The number of rotatable bonds is 4. The molecule has 0 aliphatic rings. The van der Waals surface area contributed by atoms with Crippen molar-refractivity contribution in [3.05, 3.63) is 64.1 Å². The number of phenolic OH excluding ortho intramolecular Hbond substituents is 1. The van der Waals surface area contributed by atoms with Crippen LogP contribution >= 0.6 is 15.9 Å². The van der Waals surface area contributed by atoms with E-state index >= 15 is 0 Å². The second-order valence-corrected chi connectivity index (χ2v) is 6.71. The summed E-state index contributed by atoms with van der Waals surface area (Å²) >= 11 is 3.30. The number of ether oxygens (including phenoxy) is 1. The molecule has 0 aliphatic heterocycles. The Morgan fingerprint density at radius 3 is 2.89 bits per heavy atom. The first-order valence-electron chi connectivity index (χ1n) is 7.96. The molecule has 2 heterocycles. The molecule has 0 aliphatic carbocycles. The Morgan fingerprint density at radius 2 is 2.07 bits per heavy atom. The highest BCUT2D eigenvalue weighted by atomic mass is 79.9. The van der Waals surface area contributed by atoms with Crippen LogP contribution in [0.4, 0.5) is 0 Å². The van der Waals surface area contributed by atoms with Crippen molar-refractivity contribution in [2.75, 3.05) is 7.11 Å². The average Bonchev–Trinajstić information content (AvgIpc) is 3.17. The monoisotopic (exact) mass is 424 g/mol. The highest BCUT2D eigenvalue weighted by Crippen LogP contribution is 2.26. The fourth-order valence-electron chi connectivity index (χ4n) is 2.81. The zero-order valence-corrected chi connectivity index (χ0v) is 15.7. The molecule has 4 aromatic rings. The molecule has 2 aromatic heterocycles. The number of pyridine rings is 1. The average molecular weight is 425 g/mol. The molecule has 8 heteroatoms. The third kappa shape index (κ3) is 3.15. The largest absolute Gasteiger partial charge is 0.507 e. The van der Waals surface area contributed by atoms with Crippen LogP contribution in [0.1, 0.15) is 15.9 Å². The maximum atomic E-state index is 12.5. The van der Waals surface area contributed by atoms with Crippen LogP contribution in [0, 0.1) is 0 Å². The minimum Gasteiger partial charge on any atom is -0.507 e. The van der Waals surface area contributed by atoms with Gasteiger partial charge in [0.2, 0.25) is 0 Å². The fourth-order valence-corrected chi connectivity index (χ4v) is 3.17. The Bertz CT molecular complexity index is 1220. The van der Waals surface area contributed by atoms with Crippen LogP contribution in [0.25, 0.3) is 22.6 Å². The van der Waals surface area contributed by atoms with Crippen LogP contribution in [0.3, 0.4) is 0 Å². The molecule has 2 aromatic carbocycles. The standard InChI is InChI=1S/C19H13BrN4O3/c1-27-14-4-5-16-12(9-14)8-11(19-21-22-23-24(16)19)2-6-17(25)15-10-13(20)3-7-18(15)26/h2-10,26H,1H3/b6-2+. The molecule has 0 saturated heterocycles. The van der Waals surface area contributed by atoms with Crippen molar-refractivity contribution >= 4 is 44.3 Å². The zero-order chi connectivity index (χ0) is 19.0. The first-order valence-corrected chi connectivity index (χ1v) is 8.76. The van der Waals surface area contributed by atoms with E-state index in [2.05, 4.69) is 31.5 Å². The van der Waals surface area contributed by atoms with Gasteiger partial charge in [-0.2, -0.15) is 4.52 Å². The zero-order valence-electron chi connectivity index (χ0n) is 14.1. The van der Waals surface area contributed by atoms with Gasteiger partial charge in [-0.15, -0.1) is 5.10 Å². The molecule has 0 fully saturated rings. The summed E-state index contributed by atoms with van der Waals surface area (Å²) in [5.74, 6) is 0.301. The molecule has 0 saturated carbocycles. The molecule has 1 N–H and O–H groups in total. The van der Waals surface area contributed by atoms with E-state index in [0.717, 1.165) is 10.9 Å². The number of nitrogens with zero attached hydrogens (tertiary/aromatic N) is 4. The predicted octanol–water partition coefficient (Wildman–Crippen LogP) is 3.65. The van der Waals surface area contributed by atoms with Crippen molar-refractivity contribution in [2.45, 2.75) is 0 Å². The van der Waals surface area contributed by atoms with Crippen molar-refractivity contribution in [1.82, 2.24) is 20.0 Å². The number of carbonyl (C=O) groups is 1. The summed E-state index contributed by atoms with van der Waals surface area (Å²) in [4.78, 5) is 12.5. The summed E-state index contributed by atoms with van der Waals surface area (Å²) in [6.45, 7) is 0. The van der Waals surface area contributed by atoms with Crippen molar-refractivity contribution in [2.24, 2.45) is 0 Å². The number of methoxy groups -OCH3 is 1. The topological polar surface area (TPSA) is 89.6 Å². The van der Waals surface area contributed by atoms with E-state index in [1.54, 1.807) is 29.8 Å². The number of carbonyl (C=O) groups excluding carboxylic acids is 1. The number of tetrazole rings is 1. The van der Waals surface area contributed by atoms with E-state index in [-0.39, 0.29) is 17.1 Å². The minimum atomic E-state index is -0.329. The van der Waals surface area contributed by atoms with Crippen molar-refractivity contribution in [1.29, 1.82) is 0 Å². The molecule has 0 unspecified atom stereocenters. The van der Waals surface area contributed by atoms with Crippen LogP contribution in [-0.4, -0.2) is 38.0 Å². The van der Waals surface area contributed by atoms with Crippen LogP contribution < -0.4 is 4.74 Å². The lowest BCUT2D eigenvalue weighted by Gasteiger charge is -2.06. The number of ketones is 1. The van der Waals surface area contributed by atoms with Crippen LogP contribution in [0.15, 0.2) is 53.0 Å². The third-order valence-corrected chi connectivity index (χ3v) is 4.63. The van der Waals surface area contributed by atoms with Gasteiger partial charge in [0.1, 0.15) is 11.5 Å². The first-order chi connectivity index (χ1) is 13.1. The summed E-state index contributed by atoms with van der Waals surface area (Å²) in [5, 5.41) is 22.6. The SMILES string of the molecule is COc1ccc2c(c1)cc(/C=C/C(=O)c1cc(Br)ccc1O)c1nnnn12. The van der Waals surface area contributed by atoms with Gasteiger partial charge >= 0.3 is 0 Å². The lowest BCUT2D eigenvalue weighted by molar-refractivity contribution is 0.104.